The molecule has 2 heterocycles. The zero-order valence-corrected chi connectivity index (χ0v) is 18.7. The molecule has 4 rings (SSSR count). The van der Waals surface area contributed by atoms with Gasteiger partial charge in [-0.2, -0.15) is 0 Å². The molecule has 0 amide bonds. The topological polar surface area (TPSA) is 77.2 Å². The molecule has 2 aromatic carbocycles. The smallest absolute Gasteiger partial charge is 0.268 e. The molecule has 7 nitrogen and oxygen atoms in total. The minimum atomic E-state index is 0.316. The highest BCUT2D eigenvalue weighted by Crippen LogP contribution is 2.31. The molecule has 0 fully saturated rings. The molecule has 0 aliphatic rings. The fourth-order valence-corrected chi connectivity index (χ4v) is 3.24. The molecule has 32 heavy (non-hydrogen) atoms. The van der Waals surface area contributed by atoms with Crippen LogP contribution in [0.1, 0.15) is 18.2 Å². The van der Waals surface area contributed by atoms with Crippen LogP contribution in [0.5, 0.6) is 5.75 Å². The van der Waals surface area contributed by atoms with Crippen molar-refractivity contribution in [3.05, 3.63) is 72.6 Å². The number of aryl methyl sites for hydroxylation is 1. The highest BCUT2D eigenvalue weighted by Gasteiger charge is 2.18. The van der Waals surface area contributed by atoms with Gasteiger partial charge in [-0.3, -0.25) is 4.98 Å². The molecular formula is C25H25N5O2. The Bertz CT molecular complexity index is 1250. The minimum absolute atomic E-state index is 0.316. The van der Waals surface area contributed by atoms with Crippen molar-refractivity contribution in [2.75, 3.05) is 20.7 Å². The summed E-state index contributed by atoms with van der Waals surface area (Å²) in [6, 6.07) is 15.6. The Labute approximate surface area is 187 Å². The van der Waals surface area contributed by atoms with Crippen LogP contribution in [0.2, 0.25) is 0 Å². The molecule has 0 unspecified atom stereocenters. The van der Waals surface area contributed by atoms with Gasteiger partial charge in [-0.05, 0) is 31.5 Å². The molecule has 0 aliphatic carbocycles. The van der Waals surface area contributed by atoms with Crippen LogP contribution >= 0.6 is 0 Å². The van der Waals surface area contributed by atoms with E-state index in [1.165, 1.54) is 0 Å². The van der Waals surface area contributed by atoms with E-state index >= 15 is 0 Å². The maximum atomic E-state index is 5.97. The number of rotatable bonds is 7. The highest BCUT2D eigenvalue weighted by atomic mass is 16.5. The number of hydrogen-bond donors (Lipinski definition) is 0. The van der Waals surface area contributed by atoms with Crippen LogP contribution in [0.3, 0.4) is 0 Å². The molecule has 0 spiro atoms. The summed E-state index contributed by atoms with van der Waals surface area (Å²) >= 11 is 0. The predicted molar refractivity (Wildman–Crippen MR) is 125 cm³/mol. The van der Waals surface area contributed by atoms with Crippen molar-refractivity contribution < 1.29 is 9.15 Å². The van der Waals surface area contributed by atoms with Crippen molar-refractivity contribution in [1.82, 2.24) is 25.1 Å². The maximum Gasteiger partial charge on any atom is 0.268 e. The number of benzene rings is 2. The lowest BCUT2D eigenvalue weighted by atomic mass is 10.1. The highest BCUT2D eigenvalue weighted by molar-refractivity contribution is 5.68. The quantitative estimate of drug-likeness (QED) is 0.406. The number of para-hydroxylation sites is 1. The van der Waals surface area contributed by atoms with Gasteiger partial charge in [-0.15, -0.1) is 10.2 Å². The minimum Gasteiger partial charge on any atom is -0.493 e. The van der Waals surface area contributed by atoms with Gasteiger partial charge < -0.3 is 14.1 Å². The van der Waals surface area contributed by atoms with Gasteiger partial charge in [0.25, 0.3) is 11.8 Å². The van der Waals surface area contributed by atoms with Crippen molar-refractivity contribution >= 4 is 5.70 Å². The van der Waals surface area contributed by atoms with Crippen LogP contribution in [-0.4, -0.2) is 45.8 Å². The largest absolute Gasteiger partial charge is 0.493 e. The SMILES string of the molecule is C=C(c1ccc(-c2cnc(C)c(-c3nnc(-c4ccccc4OCC)o3)n2)cc1)N(C)C. The van der Waals surface area contributed by atoms with Gasteiger partial charge in [0, 0.05) is 25.4 Å². The molecule has 0 saturated carbocycles. The Morgan fingerprint density at radius 2 is 1.75 bits per heavy atom. The second-order valence-corrected chi connectivity index (χ2v) is 7.45. The lowest BCUT2D eigenvalue weighted by molar-refractivity contribution is 0.340. The zero-order valence-electron chi connectivity index (χ0n) is 18.7. The Kier molecular flexibility index (Phi) is 5.98. The van der Waals surface area contributed by atoms with E-state index in [0.29, 0.717) is 35.5 Å². The average molecular weight is 428 g/mol. The van der Waals surface area contributed by atoms with Crippen LogP contribution in [0.15, 0.2) is 65.7 Å². The van der Waals surface area contributed by atoms with E-state index < -0.39 is 0 Å². The Hall–Kier alpha value is -4.00. The van der Waals surface area contributed by atoms with Gasteiger partial charge in [0.1, 0.15) is 11.4 Å². The monoisotopic (exact) mass is 427 g/mol. The number of aromatic nitrogens is 4. The molecule has 0 aliphatic heterocycles. The van der Waals surface area contributed by atoms with E-state index in [1.807, 2.05) is 81.4 Å². The lowest BCUT2D eigenvalue weighted by Crippen LogP contribution is -2.08. The van der Waals surface area contributed by atoms with Gasteiger partial charge >= 0.3 is 0 Å². The molecule has 2 aromatic heterocycles. The lowest BCUT2D eigenvalue weighted by Gasteiger charge is -2.16. The molecule has 0 saturated heterocycles. The van der Waals surface area contributed by atoms with Gasteiger partial charge in [-0.25, -0.2) is 4.98 Å². The molecule has 0 bridgehead atoms. The van der Waals surface area contributed by atoms with Crippen LogP contribution in [0, 0.1) is 6.92 Å². The van der Waals surface area contributed by atoms with Crippen LogP contribution in [0.25, 0.3) is 40.0 Å². The summed E-state index contributed by atoms with van der Waals surface area (Å²) in [7, 11) is 3.94. The summed E-state index contributed by atoms with van der Waals surface area (Å²) in [5.41, 5.74) is 5.66. The number of nitrogens with zero attached hydrogens (tertiary/aromatic N) is 5. The fraction of sp³-hybridized carbons (Fsp3) is 0.200. The summed E-state index contributed by atoms with van der Waals surface area (Å²) in [5.74, 6) is 1.39. The Morgan fingerprint density at radius 3 is 2.47 bits per heavy atom. The number of ether oxygens (including phenoxy) is 1. The van der Waals surface area contributed by atoms with E-state index in [1.54, 1.807) is 6.20 Å². The van der Waals surface area contributed by atoms with Gasteiger partial charge in [0.15, 0.2) is 0 Å². The Morgan fingerprint density at radius 1 is 1.03 bits per heavy atom. The standard InChI is InChI=1S/C25H25N5O2/c1-6-31-22-10-8-7-9-20(22)24-28-29-25(32-24)23-16(2)26-15-21(27-23)19-13-11-18(12-14-19)17(3)30(4)5/h7-15H,3,6H2,1-2,4-5H3. The van der Waals surface area contributed by atoms with E-state index in [-0.39, 0.29) is 0 Å². The fourth-order valence-electron chi connectivity index (χ4n) is 3.24. The molecule has 0 N–H and O–H groups in total. The van der Waals surface area contributed by atoms with Crippen molar-refractivity contribution in [1.29, 1.82) is 0 Å². The first-order valence-electron chi connectivity index (χ1n) is 10.3. The molecule has 162 valence electrons. The van der Waals surface area contributed by atoms with Gasteiger partial charge in [0.05, 0.1) is 29.8 Å². The van der Waals surface area contributed by atoms with Crippen LogP contribution in [-0.2, 0) is 0 Å². The zero-order chi connectivity index (χ0) is 22.7. The first-order chi connectivity index (χ1) is 15.5. The molecule has 7 heteroatoms. The first kappa shape index (κ1) is 21.2. The van der Waals surface area contributed by atoms with Gasteiger partial charge in [-0.1, -0.05) is 43.0 Å². The molecule has 4 aromatic rings. The molecular weight excluding hydrogens is 402 g/mol. The second-order valence-electron chi connectivity index (χ2n) is 7.45. The average Bonchev–Trinajstić information content (AvgIpc) is 3.29. The summed E-state index contributed by atoms with van der Waals surface area (Å²) in [4.78, 5) is 11.3. The van der Waals surface area contributed by atoms with Crippen molar-refractivity contribution in [2.24, 2.45) is 0 Å². The third kappa shape index (κ3) is 4.23. The summed E-state index contributed by atoms with van der Waals surface area (Å²) < 4.78 is 11.7. The van der Waals surface area contributed by atoms with Crippen molar-refractivity contribution in [3.8, 4) is 40.0 Å². The van der Waals surface area contributed by atoms with E-state index in [4.69, 9.17) is 14.1 Å². The summed E-state index contributed by atoms with van der Waals surface area (Å²) in [5, 5.41) is 8.44. The normalized spacial score (nSPS) is 10.8. The first-order valence-corrected chi connectivity index (χ1v) is 10.3. The third-order valence-electron chi connectivity index (χ3n) is 5.05. The molecule has 0 atom stereocenters. The molecule has 0 radical (unpaired) electrons. The van der Waals surface area contributed by atoms with Crippen LogP contribution < -0.4 is 4.74 Å². The van der Waals surface area contributed by atoms with E-state index in [2.05, 4.69) is 21.8 Å². The maximum absolute atomic E-state index is 5.97. The van der Waals surface area contributed by atoms with E-state index in [9.17, 15) is 0 Å². The predicted octanol–water partition coefficient (Wildman–Crippen LogP) is 5.10. The second kappa shape index (κ2) is 9.01. The van der Waals surface area contributed by atoms with Crippen molar-refractivity contribution in [2.45, 2.75) is 13.8 Å². The number of hydrogen-bond acceptors (Lipinski definition) is 7. The third-order valence-corrected chi connectivity index (χ3v) is 5.05. The Balaban J connectivity index is 1.67. The van der Waals surface area contributed by atoms with Crippen LogP contribution in [0.4, 0.5) is 0 Å². The van der Waals surface area contributed by atoms with E-state index in [0.717, 1.165) is 28.1 Å². The van der Waals surface area contributed by atoms with Crippen molar-refractivity contribution in [3.63, 3.8) is 0 Å². The summed E-state index contributed by atoms with van der Waals surface area (Å²) in [6.07, 6.45) is 1.75. The van der Waals surface area contributed by atoms with Gasteiger partial charge in [0.2, 0.25) is 0 Å². The summed E-state index contributed by atoms with van der Waals surface area (Å²) in [6.45, 7) is 8.45.